The lowest BCUT2D eigenvalue weighted by molar-refractivity contribution is 0.620. The highest BCUT2D eigenvalue weighted by Gasteiger charge is 2.14. The second-order valence-electron chi connectivity index (χ2n) is 9.34. The van der Waals surface area contributed by atoms with E-state index in [1.54, 1.807) is 0 Å². The van der Waals surface area contributed by atoms with Crippen molar-refractivity contribution >= 4 is 11.1 Å². The number of hydrogen-bond donors (Lipinski definition) is 0. The SMILES string of the molecule is c1ccc(-c2ccc(-c3cc(-c4ccc5oc(-c6ccccc6)nc5c4)nc(-c4ccccc4)n3)cc2)cc1. The summed E-state index contributed by atoms with van der Waals surface area (Å²) in [5.41, 5.74) is 9.49. The normalized spacial score (nSPS) is 11.1. The summed E-state index contributed by atoms with van der Waals surface area (Å²) in [5, 5.41) is 0. The Bertz CT molecular complexity index is 1880. The third-order valence-corrected chi connectivity index (χ3v) is 6.75. The van der Waals surface area contributed by atoms with Crippen LogP contribution in [0.1, 0.15) is 0 Å². The van der Waals surface area contributed by atoms with Crippen molar-refractivity contribution in [1.82, 2.24) is 15.0 Å². The van der Waals surface area contributed by atoms with Gasteiger partial charge in [-0.25, -0.2) is 15.0 Å². The van der Waals surface area contributed by atoms with Crippen LogP contribution in [0, 0.1) is 0 Å². The number of oxazole rings is 1. The van der Waals surface area contributed by atoms with E-state index in [4.69, 9.17) is 19.4 Å². The molecule has 4 heteroatoms. The van der Waals surface area contributed by atoms with E-state index in [-0.39, 0.29) is 0 Å². The first kappa shape index (κ1) is 22.8. The van der Waals surface area contributed by atoms with Crippen molar-refractivity contribution in [3.8, 4) is 56.5 Å². The Balaban J connectivity index is 1.32. The Morgan fingerprint density at radius 3 is 1.56 bits per heavy atom. The van der Waals surface area contributed by atoms with E-state index in [1.165, 1.54) is 11.1 Å². The number of rotatable bonds is 5. The van der Waals surface area contributed by atoms with E-state index in [1.807, 2.05) is 91.0 Å². The molecule has 0 fully saturated rings. The van der Waals surface area contributed by atoms with Crippen LogP contribution in [0.5, 0.6) is 0 Å². The quantitative estimate of drug-likeness (QED) is 0.236. The second-order valence-corrected chi connectivity index (χ2v) is 9.34. The average molecular weight is 502 g/mol. The molecule has 2 aromatic heterocycles. The molecule has 0 saturated carbocycles. The predicted molar refractivity (Wildman–Crippen MR) is 157 cm³/mol. The summed E-state index contributed by atoms with van der Waals surface area (Å²) in [6.45, 7) is 0. The maximum atomic E-state index is 6.03. The number of hydrogen-bond acceptors (Lipinski definition) is 4. The molecule has 0 amide bonds. The number of benzene rings is 5. The molecule has 0 saturated heterocycles. The van der Waals surface area contributed by atoms with Crippen LogP contribution in [0.4, 0.5) is 0 Å². The van der Waals surface area contributed by atoms with E-state index in [9.17, 15) is 0 Å². The average Bonchev–Trinajstić information content (AvgIpc) is 3.46. The van der Waals surface area contributed by atoms with E-state index in [0.29, 0.717) is 11.7 Å². The van der Waals surface area contributed by atoms with Gasteiger partial charge in [-0.3, -0.25) is 0 Å². The highest BCUT2D eigenvalue weighted by atomic mass is 16.3. The van der Waals surface area contributed by atoms with Gasteiger partial charge in [0.1, 0.15) is 5.52 Å². The highest BCUT2D eigenvalue weighted by Crippen LogP contribution is 2.32. The maximum absolute atomic E-state index is 6.03. The molecule has 0 radical (unpaired) electrons. The lowest BCUT2D eigenvalue weighted by Crippen LogP contribution is -1.96. The Kier molecular flexibility index (Phi) is 5.76. The maximum Gasteiger partial charge on any atom is 0.227 e. The summed E-state index contributed by atoms with van der Waals surface area (Å²) >= 11 is 0. The Hall–Kier alpha value is -5.35. The zero-order valence-corrected chi connectivity index (χ0v) is 21.0. The number of fused-ring (bicyclic) bond motifs is 1. The van der Waals surface area contributed by atoms with Gasteiger partial charge in [-0.1, -0.05) is 103 Å². The molecule has 7 aromatic rings. The topological polar surface area (TPSA) is 51.8 Å². The van der Waals surface area contributed by atoms with Crippen LogP contribution in [0.25, 0.3) is 67.6 Å². The number of nitrogens with zero attached hydrogens (tertiary/aromatic N) is 3. The third kappa shape index (κ3) is 4.60. The van der Waals surface area contributed by atoms with Gasteiger partial charge >= 0.3 is 0 Å². The molecule has 0 aliphatic rings. The molecule has 2 heterocycles. The van der Waals surface area contributed by atoms with E-state index >= 15 is 0 Å². The fourth-order valence-corrected chi connectivity index (χ4v) is 4.71. The molecule has 0 spiro atoms. The minimum absolute atomic E-state index is 0.606. The molecule has 0 atom stereocenters. The van der Waals surface area contributed by atoms with Crippen LogP contribution in [0.2, 0.25) is 0 Å². The third-order valence-electron chi connectivity index (χ3n) is 6.75. The van der Waals surface area contributed by atoms with E-state index < -0.39 is 0 Å². The summed E-state index contributed by atoms with van der Waals surface area (Å²) in [5.74, 6) is 1.29. The van der Waals surface area contributed by atoms with Crippen molar-refractivity contribution in [2.75, 3.05) is 0 Å². The zero-order chi connectivity index (χ0) is 26.0. The minimum Gasteiger partial charge on any atom is -0.436 e. The van der Waals surface area contributed by atoms with Gasteiger partial charge in [-0.15, -0.1) is 0 Å². The summed E-state index contributed by atoms with van der Waals surface area (Å²) in [6, 6.07) is 47.0. The first-order valence-electron chi connectivity index (χ1n) is 12.9. The van der Waals surface area contributed by atoms with Crippen molar-refractivity contribution in [3.05, 3.63) is 140 Å². The molecule has 0 aliphatic carbocycles. The highest BCUT2D eigenvalue weighted by molar-refractivity contribution is 5.83. The molecular formula is C35H23N3O. The van der Waals surface area contributed by atoms with Crippen LogP contribution in [-0.4, -0.2) is 15.0 Å². The largest absolute Gasteiger partial charge is 0.436 e. The fraction of sp³-hybridized carbons (Fsp3) is 0. The standard InChI is InChI=1S/C35H23N3O/c1-4-10-24(11-5-1)25-16-18-26(19-17-25)30-23-31(37-34(36-30)27-12-6-2-7-13-27)29-20-21-33-32(22-29)38-35(39-33)28-14-8-3-9-15-28/h1-23H. The molecule has 5 aromatic carbocycles. The predicted octanol–water partition coefficient (Wildman–Crippen LogP) is 8.95. The molecule has 0 aliphatic heterocycles. The van der Waals surface area contributed by atoms with Gasteiger partial charge in [0, 0.05) is 22.3 Å². The number of aromatic nitrogens is 3. The van der Waals surface area contributed by atoms with Crippen molar-refractivity contribution in [1.29, 1.82) is 0 Å². The lowest BCUT2D eigenvalue weighted by Gasteiger charge is -2.10. The van der Waals surface area contributed by atoms with Crippen molar-refractivity contribution in [3.63, 3.8) is 0 Å². The van der Waals surface area contributed by atoms with E-state index in [2.05, 4.69) is 48.5 Å². The molecule has 7 rings (SSSR count). The van der Waals surface area contributed by atoms with Crippen molar-refractivity contribution in [2.24, 2.45) is 0 Å². The van der Waals surface area contributed by atoms with Crippen LogP contribution in [0.15, 0.2) is 144 Å². The van der Waals surface area contributed by atoms with Gasteiger partial charge < -0.3 is 4.42 Å². The smallest absolute Gasteiger partial charge is 0.227 e. The first-order valence-corrected chi connectivity index (χ1v) is 12.9. The van der Waals surface area contributed by atoms with Crippen molar-refractivity contribution < 1.29 is 4.42 Å². The molecule has 184 valence electrons. The summed E-state index contributed by atoms with van der Waals surface area (Å²) in [6.07, 6.45) is 0. The van der Waals surface area contributed by atoms with Crippen molar-refractivity contribution in [2.45, 2.75) is 0 Å². The summed E-state index contributed by atoms with van der Waals surface area (Å²) in [4.78, 5) is 14.7. The summed E-state index contributed by atoms with van der Waals surface area (Å²) < 4.78 is 6.03. The van der Waals surface area contributed by atoms with Gasteiger partial charge in [0.2, 0.25) is 5.89 Å². The van der Waals surface area contributed by atoms with Gasteiger partial charge in [0.25, 0.3) is 0 Å². The van der Waals surface area contributed by atoms with Crippen LogP contribution >= 0.6 is 0 Å². The monoisotopic (exact) mass is 501 g/mol. The van der Waals surface area contributed by atoms with Crippen LogP contribution < -0.4 is 0 Å². The molecule has 39 heavy (non-hydrogen) atoms. The first-order chi connectivity index (χ1) is 19.3. The molecule has 0 bridgehead atoms. The van der Waals surface area contributed by atoms with Gasteiger partial charge in [0.05, 0.1) is 11.4 Å². The second kappa shape index (κ2) is 9.84. The van der Waals surface area contributed by atoms with Crippen LogP contribution in [-0.2, 0) is 0 Å². The van der Waals surface area contributed by atoms with Crippen LogP contribution in [0.3, 0.4) is 0 Å². The Morgan fingerprint density at radius 2 is 0.897 bits per heavy atom. The summed E-state index contributed by atoms with van der Waals surface area (Å²) in [7, 11) is 0. The van der Waals surface area contributed by atoms with Gasteiger partial charge in [0.15, 0.2) is 11.4 Å². The van der Waals surface area contributed by atoms with E-state index in [0.717, 1.165) is 44.7 Å². The minimum atomic E-state index is 0.606. The Morgan fingerprint density at radius 1 is 0.385 bits per heavy atom. The van der Waals surface area contributed by atoms with Gasteiger partial charge in [-0.2, -0.15) is 0 Å². The lowest BCUT2D eigenvalue weighted by atomic mass is 10.0. The molecule has 0 N–H and O–H groups in total. The molecule has 4 nitrogen and oxygen atoms in total. The molecular weight excluding hydrogens is 478 g/mol. The molecule has 0 unspecified atom stereocenters. The zero-order valence-electron chi connectivity index (χ0n) is 21.0. The fourth-order valence-electron chi connectivity index (χ4n) is 4.71. The van der Waals surface area contributed by atoms with Gasteiger partial charge in [-0.05, 0) is 47.5 Å². The Labute approximate surface area is 226 Å².